The van der Waals surface area contributed by atoms with Gasteiger partial charge in [0.15, 0.2) is 0 Å². The number of nitrogens with zero attached hydrogens (tertiary/aromatic N) is 1. The lowest BCUT2D eigenvalue weighted by Gasteiger charge is -2.23. The summed E-state index contributed by atoms with van der Waals surface area (Å²) in [6.07, 6.45) is 0. The Kier molecular flexibility index (Phi) is 5.79. The van der Waals surface area contributed by atoms with E-state index in [4.69, 9.17) is 5.73 Å². The molecule has 102 valence electrons. The van der Waals surface area contributed by atoms with Gasteiger partial charge in [-0.25, -0.2) is 0 Å². The number of hydrogen-bond donors (Lipinski definition) is 2. The van der Waals surface area contributed by atoms with Crippen molar-refractivity contribution in [3.63, 3.8) is 0 Å². The molecular weight excluding hydrogens is 222 g/mol. The Bertz CT molecular complexity index is 362. The second-order valence-electron chi connectivity index (χ2n) is 5.36. The number of nitrogens with one attached hydrogen (secondary N) is 1. The lowest BCUT2D eigenvalue weighted by atomic mass is 9.94. The van der Waals surface area contributed by atoms with Gasteiger partial charge in [-0.15, -0.1) is 0 Å². The fourth-order valence-electron chi connectivity index (χ4n) is 2.51. The molecule has 18 heavy (non-hydrogen) atoms. The molecule has 3 N–H and O–H groups in total. The van der Waals surface area contributed by atoms with E-state index in [9.17, 15) is 0 Å². The van der Waals surface area contributed by atoms with E-state index in [0.717, 1.165) is 13.1 Å². The number of nitrogens with two attached hydrogens (primary N) is 1. The van der Waals surface area contributed by atoms with Crippen molar-refractivity contribution in [1.82, 2.24) is 10.2 Å². The third-order valence-corrected chi connectivity index (χ3v) is 3.27. The van der Waals surface area contributed by atoms with Crippen molar-refractivity contribution in [2.24, 2.45) is 5.73 Å². The summed E-state index contributed by atoms with van der Waals surface area (Å²) in [6.45, 7) is 9.11. The fourth-order valence-corrected chi connectivity index (χ4v) is 2.51. The summed E-state index contributed by atoms with van der Waals surface area (Å²) in [4.78, 5) is 2.18. The predicted molar refractivity (Wildman–Crippen MR) is 79.0 cm³/mol. The van der Waals surface area contributed by atoms with Crippen LogP contribution in [0.5, 0.6) is 0 Å². The Balaban J connectivity index is 2.82. The first kappa shape index (κ1) is 15.2. The van der Waals surface area contributed by atoms with Crippen molar-refractivity contribution in [1.29, 1.82) is 0 Å². The molecule has 0 aromatic heterocycles. The molecule has 0 saturated carbocycles. The molecule has 3 heteroatoms. The molecule has 1 unspecified atom stereocenters. The van der Waals surface area contributed by atoms with Crippen LogP contribution in [0.2, 0.25) is 0 Å². The van der Waals surface area contributed by atoms with Gasteiger partial charge in [-0.3, -0.25) is 0 Å². The number of benzene rings is 1. The number of hydrogen-bond acceptors (Lipinski definition) is 3. The monoisotopic (exact) mass is 249 g/mol. The van der Waals surface area contributed by atoms with Crippen LogP contribution in [0.3, 0.4) is 0 Å². The molecule has 1 aromatic carbocycles. The standard InChI is InChI=1S/C15H27N3/c1-11-8-12(2)15(13(3)9-11)14(10-16)17-6-7-18(4)5/h8-9,14,17H,6-7,10,16H2,1-5H3. The minimum absolute atomic E-state index is 0.255. The zero-order chi connectivity index (χ0) is 13.7. The molecule has 0 radical (unpaired) electrons. The number of rotatable bonds is 6. The average molecular weight is 249 g/mol. The van der Waals surface area contributed by atoms with E-state index in [-0.39, 0.29) is 6.04 Å². The second-order valence-corrected chi connectivity index (χ2v) is 5.36. The van der Waals surface area contributed by atoms with Crippen molar-refractivity contribution in [2.45, 2.75) is 26.8 Å². The maximum atomic E-state index is 5.92. The van der Waals surface area contributed by atoms with Crippen LogP contribution in [0, 0.1) is 20.8 Å². The minimum atomic E-state index is 0.255. The molecule has 3 nitrogen and oxygen atoms in total. The smallest absolute Gasteiger partial charge is 0.0450 e. The lowest BCUT2D eigenvalue weighted by Crippen LogP contribution is -2.34. The van der Waals surface area contributed by atoms with E-state index in [2.05, 4.69) is 57.2 Å². The molecule has 1 rings (SSSR count). The quantitative estimate of drug-likeness (QED) is 0.807. The molecule has 0 bridgehead atoms. The van der Waals surface area contributed by atoms with Crippen molar-refractivity contribution in [2.75, 3.05) is 33.7 Å². The van der Waals surface area contributed by atoms with Gasteiger partial charge in [-0.05, 0) is 51.6 Å². The highest BCUT2D eigenvalue weighted by Gasteiger charge is 2.14. The summed E-state index contributed by atoms with van der Waals surface area (Å²) in [5.74, 6) is 0. The van der Waals surface area contributed by atoms with Gasteiger partial charge in [0.2, 0.25) is 0 Å². The van der Waals surface area contributed by atoms with Crippen LogP contribution in [0.15, 0.2) is 12.1 Å². The molecule has 1 aromatic rings. The molecule has 0 fully saturated rings. The molecular formula is C15H27N3. The molecule has 0 aliphatic rings. The van der Waals surface area contributed by atoms with Gasteiger partial charge in [0.25, 0.3) is 0 Å². The molecule has 0 amide bonds. The van der Waals surface area contributed by atoms with Crippen molar-refractivity contribution in [3.8, 4) is 0 Å². The van der Waals surface area contributed by atoms with Gasteiger partial charge in [0.1, 0.15) is 0 Å². The predicted octanol–water partition coefficient (Wildman–Crippen LogP) is 1.76. The number of likely N-dealkylation sites (N-methyl/N-ethyl adjacent to an activating group) is 1. The van der Waals surface area contributed by atoms with Gasteiger partial charge >= 0.3 is 0 Å². The minimum Gasteiger partial charge on any atom is -0.329 e. The van der Waals surface area contributed by atoms with Crippen LogP contribution >= 0.6 is 0 Å². The SMILES string of the molecule is Cc1cc(C)c(C(CN)NCCN(C)C)c(C)c1. The van der Waals surface area contributed by atoms with Crippen molar-refractivity contribution < 1.29 is 0 Å². The lowest BCUT2D eigenvalue weighted by molar-refractivity contribution is 0.385. The third-order valence-electron chi connectivity index (χ3n) is 3.27. The zero-order valence-electron chi connectivity index (χ0n) is 12.4. The van der Waals surface area contributed by atoms with Gasteiger partial charge < -0.3 is 16.0 Å². The summed E-state index contributed by atoms with van der Waals surface area (Å²) in [7, 11) is 4.17. The summed E-state index contributed by atoms with van der Waals surface area (Å²) < 4.78 is 0. The Hall–Kier alpha value is -0.900. The third kappa shape index (κ3) is 4.09. The zero-order valence-corrected chi connectivity index (χ0v) is 12.4. The van der Waals surface area contributed by atoms with Crippen molar-refractivity contribution in [3.05, 3.63) is 34.4 Å². The highest BCUT2D eigenvalue weighted by atomic mass is 15.1. The molecule has 0 aliphatic heterocycles. The summed E-state index contributed by atoms with van der Waals surface area (Å²) in [5.41, 5.74) is 11.3. The summed E-state index contributed by atoms with van der Waals surface area (Å²) >= 11 is 0. The topological polar surface area (TPSA) is 41.3 Å². The van der Waals surface area contributed by atoms with E-state index >= 15 is 0 Å². The fraction of sp³-hybridized carbons (Fsp3) is 0.600. The largest absolute Gasteiger partial charge is 0.329 e. The Morgan fingerprint density at radius 1 is 1.17 bits per heavy atom. The average Bonchev–Trinajstić information content (AvgIpc) is 2.25. The van der Waals surface area contributed by atoms with Gasteiger partial charge in [-0.1, -0.05) is 17.7 Å². The molecule has 1 atom stereocenters. The van der Waals surface area contributed by atoms with E-state index in [1.807, 2.05) is 0 Å². The summed E-state index contributed by atoms with van der Waals surface area (Å²) in [6, 6.07) is 4.72. The van der Waals surface area contributed by atoms with Crippen LogP contribution in [-0.2, 0) is 0 Å². The molecule has 0 aliphatic carbocycles. The maximum Gasteiger partial charge on any atom is 0.0450 e. The van der Waals surface area contributed by atoms with Gasteiger partial charge in [0, 0.05) is 25.7 Å². The van der Waals surface area contributed by atoms with E-state index in [1.54, 1.807) is 0 Å². The van der Waals surface area contributed by atoms with E-state index in [1.165, 1.54) is 22.3 Å². The van der Waals surface area contributed by atoms with Crippen LogP contribution in [0.4, 0.5) is 0 Å². The Morgan fingerprint density at radius 2 is 1.72 bits per heavy atom. The number of aryl methyl sites for hydroxylation is 3. The first-order valence-electron chi connectivity index (χ1n) is 6.61. The van der Waals surface area contributed by atoms with E-state index in [0.29, 0.717) is 6.54 Å². The highest BCUT2D eigenvalue weighted by Crippen LogP contribution is 2.22. The highest BCUT2D eigenvalue weighted by molar-refractivity contribution is 5.39. The first-order chi connectivity index (χ1) is 8.45. The molecule has 0 spiro atoms. The van der Waals surface area contributed by atoms with Gasteiger partial charge in [0.05, 0.1) is 0 Å². The maximum absolute atomic E-state index is 5.92. The van der Waals surface area contributed by atoms with E-state index < -0.39 is 0 Å². The van der Waals surface area contributed by atoms with Crippen LogP contribution in [-0.4, -0.2) is 38.6 Å². The first-order valence-corrected chi connectivity index (χ1v) is 6.61. The van der Waals surface area contributed by atoms with Crippen LogP contribution in [0.25, 0.3) is 0 Å². The van der Waals surface area contributed by atoms with Gasteiger partial charge in [-0.2, -0.15) is 0 Å². The Labute approximate surface area is 111 Å². The van der Waals surface area contributed by atoms with Crippen LogP contribution < -0.4 is 11.1 Å². The second kappa shape index (κ2) is 6.88. The van der Waals surface area contributed by atoms with Crippen LogP contribution in [0.1, 0.15) is 28.3 Å². The molecule has 0 heterocycles. The van der Waals surface area contributed by atoms with Crippen molar-refractivity contribution >= 4 is 0 Å². The summed E-state index contributed by atoms with van der Waals surface area (Å²) in [5, 5.41) is 3.55. The normalized spacial score (nSPS) is 13.1. The molecule has 0 saturated heterocycles. The Morgan fingerprint density at radius 3 is 2.17 bits per heavy atom.